The van der Waals surface area contributed by atoms with Crippen molar-refractivity contribution in [3.63, 3.8) is 0 Å². The number of thioether (sulfide) groups is 1. The predicted molar refractivity (Wildman–Crippen MR) is 189 cm³/mol. The van der Waals surface area contributed by atoms with E-state index in [1.165, 1.54) is 27.6 Å². The number of nitrogens with zero attached hydrogens (tertiary/aromatic N) is 6. The highest BCUT2D eigenvalue weighted by Gasteiger charge is 2.35. The summed E-state index contributed by atoms with van der Waals surface area (Å²) in [5.74, 6) is 2.09. The summed E-state index contributed by atoms with van der Waals surface area (Å²) in [4.78, 5) is 24.2. The molecule has 8 nitrogen and oxygen atoms in total. The second-order valence-electron chi connectivity index (χ2n) is 13.0. The number of pyridine rings is 1. The van der Waals surface area contributed by atoms with Crippen molar-refractivity contribution in [1.29, 1.82) is 0 Å². The molecule has 8 rings (SSSR count). The van der Waals surface area contributed by atoms with Crippen molar-refractivity contribution in [3.8, 4) is 0 Å². The van der Waals surface area contributed by atoms with Gasteiger partial charge in [-0.15, -0.1) is 11.3 Å². The first kappa shape index (κ1) is 30.1. The zero-order valence-corrected chi connectivity index (χ0v) is 28.4. The molecule has 0 spiro atoms. The Labute approximate surface area is 278 Å². The number of anilines is 2. The van der Waals surface area contributed by atoms with E-state index in [1.54, 1.807) is 23.1 Å². The summed E-state index contributed by atoms with van der Waals surface area (Å²) in [7, 11) is 0. The Kier molecular flexibility index (Phi) is 8.10. The summed E-state index contributed by atoms with van der Waals surface area (Å²) >= 11 is 3.37. The van der Waals surface area contributed by atoms with E-state index >= 15 is 0 Å². The lowest BCUT2D eigenvalue weighted by Crippen LogP contribution is -2.48. The molecule has 3 aromatic heterocycles. The highest BCUT2D eigenvalue weighted by atomic mass is 32.2. The van der Waals surface area contributed by atoms with E-state index in [2.05, 4.69) is 95.5 Å². The van der Waals surface area contributed by atoms with E-state index < -0.39 is 0 Å². The van der Waals surface area contributed by atoms with Crippen molar-refractivity contribution in [2.45, 2.75) is 43.7 Å². The number of thiophene rings is 1. The molecule has 238 valence electrons. The number of hydrogen-bond donors (Lipinski definition) is 0. The van der Waals surface area contributed by atoms with E-state index in [1.807, 2.05) is 0 Å². The minimum absolute atomic E-state index is 0.223. The molecule has 3 aliphatic heterocycles. The summed E-state index contributed by atoms with van der Waals surface area (Å²) in [6, 6.07) is 22.0. The molecular weight excluding hydrogens is 613 g/mol. The van der Waals surface area contributed by atoms with Gasteiger partial charge in [-0.2, -0.15) is 0 Å². The highest BCUT2D eigenvalue weighted by Crippen LogP contribution is 2.45. The van der Waals surface area contributed by atoms with Crippen LogP contribution in [-0.4, -0.2) is 84.2 Å². The summed E-state index contributed by atoms with van der Waals surface area (Å²) < 4.78 is 13.2. The van der Waals surface area contributed by atoms with Crippen LogP contribution in [0.3, 0.4) is 0 Å². The van der Waals surface area contributed by atoms with Crippen LogP contribution in [0, 0.1) is 0 Å². The van der Waals surface area contributed by atoms with Gasteiger partial charge in [-0.25, -0.2) is 15.0 Å². The Morgan fingerprint density at radius 2 is 1.43 bits per heavy atom. The van der Waals surface area contributed by atoms with Crippen molar-refractivity contribution in [2.75, 3.05) is 68.5 Å². The average Bonchev–Trinajstić information content (AvgIpc) is 3.47. The maximum Gasteiger partial charge on any atom is 0.189 e. The molecule has 0 bridgehead atoms. The molecule has 0 atom stereocenters. The first-order valence-electron chi connectivity index (χ1n) is 16.2. The van der Waals surface area contributed by atoms with E-state index in [0.717, 1.165) is 90.7 Å². The number of piperazine rings is 1. The zero-order valence-electron chi connectivity index (χ0n) is 26.7. The van der Waals surface area contributed by atoms with Gasteiger partial charge in [0.05, 0.1) is 41.7 Å². The molecular formula is C36H40N6O2S2. The normalized spacial score (nSPS) is 18.9. The van der Waals surface area contributed by atoms with E-state index in [0.29, 0.717) is 6.61 Å². The Balaban J connectivity index is 1.19. The molecule has 10 heteroatoms. The first-order chi connectivity index (χ1) is 22.5. The van der Waals surface area contributed by atoms with Crippen molar-refractivity contribution in [1.82, 2.24) is 19.9 Å². The third-order valence-electron chi connectivity index (χ3n) is 9.53. The van der Waals surface area contributed by atoms with Crippen LogP contribution in [0.4, 0.5) is 11.6 Å². The van der Waals surface area contributed by atoms with Crippen LogP contribution in [0.15, 0.2) is 65.8 Å². The quantitative estimate of drug-likeness (QED) is 0.150. The molecule has 0 saturated carbocycles. The maximum atomic E-state index is 6.37. The fraction of sp³-hybridized carbons (Fsp3) is 0.417. The molecule has 0 unspecified atom stereocenters. The summed E-state index contributed by atoms with van der Waals surface area (Å²) in [6.07, 6.45) is 2.90. The van der Waals surface area contributed by atoms with Gasteiger partial charge in [0.15, 0.2) is 11.0 Å². The van der Waals surface area contributed by atoms with Crippen molar-refractivity contribution >= 4 is 55.2 Å². The van der Waals surface area contributed by atoms with Crippen LogP contribution in [0.25, 0.3) is 20.4 Å². The molecule has 2 saturated heterocycles. The van der Waals surface area contributed by atoms with Crippen LogP contribution in [0.1, 0.15) is 42.1 Å². The van der Waals surface area contributed by atoms with Gasteiger partial charge in [-0.05, 0) is 36.8 Å². The molecule has 0 aliphatic carbocycles. The van der Waals surface area contributed by atoms with Gasteiger partial charge in [0.25, 0.3) is 0 Å². The van der Waals surface area contributed by atoms with Crippen molar-refractivity contribution in [2.24, 2.45) is 0 Å². The number of rotatable bonds is 6. The monoisotopic (exact) mass is 652 g/mol. The second-order valence-corrected chi connectivity index (χ2v) is 14.7. The number of hydrogen-bond acceptors (Lipinski definition) is 10. The maximum absolute atomic E-state index is 6.37. The Morgan fingerprint density at radius 3 is 2.09 bits per heavy atom. The summed E-state index contributed by atoms with van der Waals surface area (Å²) in [5.41, 5.74) is 6.00. The third kappa shape index (κ3) is 5.54. The zero-order chi connectivity index (χ0) is 31.3. The second kappa shape index (κ2) is 12.4. The lowest BCUT2D eigenvalue weighted by atomic mass is 9.90. The van der Waals surface area contributed by atoms with Gasteiger partial charge in [0, 0.05) is 56.6 Å². The minimum Gasteiger partial charge on any atom is -0.378 e. The number of aromatic nitrogens is 3. The minimum atomic E-state index is -0.250. The Morgan fingerprint density at radius 1 is 0.783 bits per heavy atom. The number of ether oxygens (including phenoxy) is 2. The van der Waals surface area contributed by atoms with Gasteiger partial charge in [-0.3, -0.25) is 4.90 Å². The SMILES string of the molecule is CSc1nc(N2CCN(C(c3ccccc3)c3ccccc3)CC2)c2sc3nc(N4CCOCC4)c4c(c3c2n1)CC(C)(C)OC4. The number of morpholine rings is 1. The molecule has 6 heterocycles. The van der Waals surface area contributed by atoms with E-state index in [4.69, 9.17) is 24.4 Å². The molecule has 0 N–H and O–H groups in total. The number of fused-ring (bicyclic) bond motifs is 5. The first-order valence-corrected chi connectivity index (χ1v) is 18.3. The van der Waals surface area contributed by atoms with Gasteiger partial charge < -0.3 is 19.3 Å². The molecule has 46 heavy (non-hydrogen) atoms. The van der Waals surface area contributed by atoms with Crippen LogP contribution in [0.5, 0.6) is 0 Å². The molecule has 0 radical (unpaired) electrons. The number of benzene rings is 2. The van der Waals surface area contributed by atoms with Crippen LogP contribution < -0.4 is 9.80 Å². The fourth-order valence-electron chi connectivity index (χ4n) is 7.24. The largest absolute Gasteiger partial charge is 0.378 e. The van der Waals surface area contributed by atoms with Gasteiger partial charge in [0.2, 0.25) is 0 Å². The van der Waals surface area contributed by atoms with Crippen molar-refractivity contribution < 1.29 is 9.47 Å². The highest BCUT2D eigenvalue weighted by molar-refractivity contribution is 7.98. The van der Waals surface area contributed by atoms with Crippen molar-refractivity contribution in [3.05, 3.63) is 82.9 Å². The van der Waals surface area contributed by atoms with Crippen LogP contribution in [0.2, 0.25) is 0 Å². The molecule has 0 amide bonds. The van der Waals surface area contributed by atoms with Gasteiger partial charge in [0.1, 0.15) is 10.6 Å². The molecule has 5 aromatic rings. The molecule has 2 aromatic carbocycles. The predicted octanol–water partition coefficient (Wildman–Crippen LogP) is 6.56. The summed E-state index contributed by atoms with van der Waals surface area (Å²) in [5, 5.41) is 2.00. The average molecular weight is 653 g/mol. The van der Waals surface area contributed by atoms with Crippen LogP contribution >= 0.6 is 23.1 Å². The van der Waals surface area contributed by atoms with Gasteiger partial charge in [-0.1, -0.05) is 72.4 Å². The van der Waals surface area contributed by atoms with Gasteiger partial charge >= 0.3 is 0 Å². The lowest BCUT2D eigenvalue weighted by molar-refractivity contribution is -0.0396. The smallest absolute Gasteiger partial charge is 0.189 e. The van der Waals surface area contributed by atoms with E-state index in [9.17, 15) is 0 Å². The fourth-order valence-corrected chi connectivity index (χ4v) is 8.76. The Hall–Kier alpha value is -3.28. The van der Waals surface area contributed by atoms with E-state index in [-0.39, 0.29) is 11.6 Å². The topological polar surface area (TPSA) is 66.9 Å². The molecule has 3 aliphatic rings. The Bertz CT molecular complexity index is 1810. The van der Waals surface area contributed by atoms with Crippen LogP contribution in [-0.2, 0) is 22.5 Å². The lowest BCUT2D eigenvalue weighted by Gasteiger charge is -2.40. The third-order valence-corrected chi connectivity index (χ3v) is 11.1. The summed E-state index contributed by atoms with van der Waals surface area (Å²) in [6.45, 7) is 11.8. The molecule has 2 fully saturated rings. The standard InChI is InChI=1S/C36H40N6O2S2/c1-36(2)22-26-27(23-44-36)32(42-18-20-43-21-19-42)38-34-28(26)29-31(46-34)33(39-35(37-29)45-3)41-16-14-40(15-17-41)30(24-10-6-4-7-11-24)25-12-8-5-9-13-25/h4-13,30H,14-23H2,1-3H3.